The monoisotopic (exact) mass is 359 g/mol. The van der Waals surface area contributed by atoms with Gasteiger partial charge in [-0.25, -0.2) is 0 Å². The fraction of sp³-hybridized carbons (Fsp3) is 0.143. The van der Waals surface area contributed by atoms with Gasteiger partial charge in [-0.3, -0.25) is 0 Å². The third-order valence-electron chi connectivity index (χ3n) is 2.83. The minimum Gasteiger partial charge on any atom is -0.496 e. The molecule has 2 rings (SSSR count). The molecule has 0 aliphatic heterocycles. The molecule has 2 aromatic carbocycles. The van der Waals surface area contributed by atoms with Gasteiger partial charge in [0.05, 0.1) is 13.2 Å². The Kier molecular flexibility index (Phi) is 4.74. The predicted molar refractivity (Wildman–Crippen MR) is 83.2 cm³/mol. The van der Waals surface area contributed by atoms with Crippen molar-refractivity contribution in [2.45, 2.75) is 6.04 Å². The number of hydrogen-bond acceptors (Lipinski definition) is 2. The van der Waals surface area contributed by atoms with E-state index in [1.54, 1.807) is 19.2 Å². The Morgan fingerprint density at radius 2 is 1.79 bits per heavy atom. The second kappa shape index (κ2) is 6.14. The Balaban J connectivity index is 2.46. The number of methoxy groups -OCH3 is 1. The Bertz CT molecular complexity index is 604. The van der Waals surface area contributed by atoms with Crippen LogP contribution in [-0.4, -0.2) is 7.11 Å². The van der Waals surface area contributed by atoms with Gasteiger partial charge in [0.25, 0.3) is 0 Å². The van der Waals surface area contributed by atoms with E-state index in [1.807, 2.05) is 24.3 Å². The van der Waals surface area contributed by atoms with Crippen molar-refractivity contribution in [3.63, 3.8) is 0 Å². The van der Waals surface area contributed by atoms with E-state index < -0.39 is 0 Å². The Labute approximate surface area is 130 Å². The van der Waals surface area contributed by atoms with E-state index in [0.717, 1.165) is 15.6 Å². The maximum absolute atomic E-state index is 6.27. The van der Waals surface area contributed by atoms with Crippen molar-refractivity contribution in [2.24, 2.45) is 5.73 Å². The molecule has 1 atom stereocenters. The summed E-state index contributed by atoms with van der Waals surface area (Å²) in [7, 11) is 1.61. The van der Waals surface area contributed by atoms with Crippen molar-refractivity contribution in [3.05, 3.63) is 62.0 Å². The molecule has 0 radical (unpaired) electrons. The van der Waals surface area contributed by atoms with Gasteiger partial charge in [0, 0.05) is 20.1 Å². The van der Waals surface area contributed by atoms with E-state index in [9.17, 15) is 0 Å². The molecule has 0 bridgehead atoms. The van der Waals surface area contributed by atoms with Crippen molar-refractivity contribution >= 4 is 39.1 Å². The van der Waals surface area contributed by atoms with Crippen LogP contribution in [0.25, 0.3) is 0 Å². The summed E-state index contributed by atoms with van der Waals surface area (Å²) in [6, 6.07) is 10.6. The smallest absolute Gasteiger partial charge is 0.125 e. The summed E-state index contributed by atoms with van der Waals surface area (Å²) in [4.78, 5) is 0. The van der Waals surface area contributed by atoms with Crippen LogP contribution in [0.1, 0.15) is 17.2 Å². The molecule has 0 aliphatic rings. The van der Waals surface area contributed by atoms with Gasteiger partial charge >= 0.3 is 0 Å². The summed E-state index contributed by atoms with van der Waals surface area (Å²) >= 11 is 15.5. The zero-order valence-corrected chi connectivity index (χ0v) is 13.3. The third-order valence-corrected chi connectivity index (χ3v) is 3.88. The van der Waals surface area contributed by atoms with E-state index in [0.29, 0.717) is 15.8 Å². The molecule has 1 unspecified atom stereocenters. The van der Waals surface area contributed by atoms with Gasteiger partial charge in [-0.2, -0.15) is 0 Å². The summed E-state index contributed by atoms with van der Waals surface area (Å²) < 4.78 is 6.29. The molecule has 0 spiro atoms. The minimum absolute atomic E-state index is 0.368. The van der Waals surface area contributed by atoms with E-state index in [4.69, 9.17) is 33.7 Å². The van der Waals surface area contributed by atoms with Crippen molar-refractivity contribution in [1.82, 2.24) is 0 Å². The topological polar surface area (TPSA) is 35.2 Å². The predicted octanol–water partition coefficient (Wildman–Crippen LogP) is 4.81. The summed E-state index contributed by atoms with van der Waals surface area (Å²) in [5, 5.41) is 1.13. The van der Waals surface area contributed by atoms with Gasteiger partial charge in [0.1, 0.15) is 5.75 Å². The highest BCUT2D eigenvalue weighted by atomic mass is 79.9. The molecule has 2 nitrogen and oxygen atoms in total. The molecule has 100 valence electrons. The fourth-order valence-corrected chi connectivity index (χ4v) is 2.73. The van der Waals surface area contributed by atoms with E-state index in [-0.39, 0.29) is 6.04 Å². The lowest BCUT2D eigenvalue weighted by molar-refractivity contribution is 0.407. The molecule has 19 heavy (non-hydrogen) atoms. The SMILES string of the molecule is COc1cc(Br)ccc1C(N)c1ccc(Cl)cc1Cl. The zero-order valence-electron chi connectivity index (χ0n) is 10.2. The molecular formula is C14H12BrCl2NO. The Morgan fingerprint density at radius 1 is 1.11 bits per heavy atom. The molecule has 0 aliphatic carbocycles. The van der Waals surface area contributed by atoms with E-state index >= 15 is 0 Å². The molecule has 0 amide bonds. The highest BCUT2D eigenvalue weighted by Crippen LogP contribution is 2.34. The summed E-state index contributed by atoms with van der Waals surface area (Å²) in [5.41, 5.74) is 7.95. The molecule has 2 N–H and O–H groups in total. The molecule has 0 saturated carbocycles. The molecule has 0 fully saturated rings. The van der Waals surface area contributed by atoms with Crippen LogP contribution >= 0.6 is 39.1 Å². The maximum atomic E-state index is 6.27. The van der Waals surface area contributed by atoms with Crippen molar-refractivity contribution in [3.8, 4) is 5.75 Å². The quantitative estimate of drug-likeness (QED) is 0.852. The maximum Gasteiger partial charge on any atom is 0.125 e. The first-order chi connectivity index (χ1) is 9.02. The van der Waals surface area contributed by atoms with Crippen LogP contribution in [0, 0.1) is 0 Å². The van der Waals surface area contributed by atoms with Crippen LogP contribution in [0.3, 0.4) is 0 Å². The Hall–Kier alpha value is -0.740. The van der Waals surface area contributed by atoms with E-state index in [1.165, 1.54) is 0 Å². The summed E-state index contributed by atoms with van der Waals surface area (Å²) in [5.74, 6) is 0.716. The number of nitrogens with two attached hydrogens (primary N) is 1. The Morgan fingerprint density at radius 3 is 2.42 bits per heavy atom. The van der Waals surface area contributed by atoms with Gasteiger partial charge in [0.15, 0.2) is 0 Å². The third kappa shape index (κ3) is 3.23. The van der Waals surface area contributed by atoms with Gasteiger partial charge < -0.3 is 10.5 Å². The number of halogens is 3. The standard InChI is InChI=1S/C14H12BrCl2NO/c1-19-13-6-8(15)2-4-11(13)14(18)10-5-3-9(16)7-12(10)17/h2-7,14H,18H2,1H3. The zero-order chi connectivity index (χ0) is 14.0. The van der Waals surface area contributed by atoms with Crippen molar-refractivity contribution in [1.29, 1.82) is 0 Å². The lowest BCUT2D eigenvalue weighted by atomic mass is 9.99. The first-order valence-electron chi connectivity index (χ1n) is 5.57. The lowest BCUT2D eigenvalue weighted by Crippen LogP contribution is -2.13. The van der Waals surface area contributed by atoms with Gasteiger partial charge in [-0.05, 0) is 29.8 Å². The first-order valence-corrected chi connectivity index (χ1v) is 7.11. The summed E-state index contributed by atoms with van der Waals surface area (Å²) in [6.45, 7) is 0. The molecular weight excluding hydrogens is 349 g/mol. The number of rotatable bonds is 3. The second-order valence-corrected chi connectivity index (χ2v) is 5.79. The van der Waals surface area contributed by atoms with Crippen LogP contribution in [0.2, 0.25) is 10.0 Å². The highest BCUT2D eigenvalue weighted by Gasteiger charge is 2.17. The first kappa shape index (κ1) is 14.7. The molecule has 0 aromatic heterocycles. The van der Waals surface area contributed by atoms with Crippen molar-refractivity contribution < 1.29 is 4.74 Å². The molecule has 5 heteroatoms. The van der Waals surface area contributed by atoms with Crippen LogP contribution < -0.4 is 10.5 Å². The van der Waals surface area contributed by atoms with Crippen LogP contribution in [0.5, 0.6) is 5.75 Å². The van der Waals surface area contributed by atoms with Gasteiger partial charge in [-0.1, -0.05) is 51.3 Å². The molecule has 0 heterocycles. The van der Waals surface area contributed by atoms with E-state index in [2.05, 4.69) is 15.9 Å². The highest BCUT2D eigenvalue weighted by molar-refractivity contribution is 9.10. The average molecular weight is 361 g/mol. The normalized spacial score (nSPS) is 12.3. The average Bonchev–Trinajstić information content (AvgIpc) is 2.37. The van der Waals surface area contributed by atoms with Crippen LogP contribution in [0.4, 0.5) is 0 Å². The van der Waals surface area contributed by atoms with Gasteiger partial charge in [-0.15, -0.1) is 0 Å². The molecule has 2 aromatic rings. The molecule has 0 saturated heterocycles. The second-order valence-electron chi connectivity index (χ2n) is 4.03. The summed E-state index contributed by atoms with van der Waals surface area (Å²) in [6.07, 6.45) is 0. The van der Waals surface area contributed by atoms with Gasteiger partial charge in [0.2, 0.25) is 0 Å². The van der Waals surface area contributed by atoms with Crippen LogP contribution in [0.15, 0.2) is 40.9 Å². The number of ether oxygens (including phenoxy) is 1. The lowest BCUT2D eigenvalue weighted by Gasteiger charge is -2.17. The fourth-order valence-electron chi connectivity index (χ4n) is 1.86. The number of hydrogen-bond donors (Lipinski definition) is 1. The number of benzene rings is 2. The van der Waals surface area contributed by atoms with Crippen LogP contribution in [-0.2, 0) is 0 Å². The van der Waals surface area contributed by atoms with Crippen molar-refractivity contribution in [2.75, 3.05) is 7.11 Å². The minimum atomic E-state index is -0.368. The largest absolute Gasteiger partial charge is 0.496 e.